The van der Waals surface area contributed by atoms with E-state index in [0.29, 0.717) is 16.4 Å². The van der Waals surface area contributed by atoms with Gasteiger partial charge in [0.1, 0.15) is 0 Å². The Bertz CT molecular complexity index is 481. The summed E-state index contributed by atoms with van der Waals surface area (Å²) in [5.74, 6) is 1.22. The topological polar surface area (TPSA) is 0 Å². The van der Waals surface area contributed by atoms with Crippen molar-refractivity contribution >= 4 is 23.8 Å². The van der Waals surface area contributed by atoms with Gasteiger partial charge >= 0.3 is 121 Å². The number of hydrogen-bond donors (Lipinski definition) is 0. The Balaban J connectivity index is 2.60. The summed E-state index contributed by atoms with van der Waals surface area (Å²) in [5.41, 5.74) is 7.69. The molecule has 1 unspecified atom stereocenters. The predicted molar refractivity (Wildman–Crippen MR) is 81.4 cm³/mol. The second-order valence-corrected chi connectivity index (χ2v) is 6.22. The number of hydrogen-bond acceptors (Lipinski definition) is 0. The first-order valence-electron chi connectivity index (χ1n) is 7.33. The molecule has 1 aliphatic carbocycles. The second-order valence-electron chi connectivity index (χ2n) is 6.22. The van der Waals surface area contributed by atoms with Gasteiger partial charge in [0.25, 0.3) is 0 Å². The third-order valence-corrected chi connectivity index (χ3v) is 4.32. The summed E-state index contributed by atoms with van der Waals surface area (Å²) < 4.78 is 0.612. The van der Waals surface area contributed by atoms with Gasteiger partial charge in [0.05, 0.1) is 0 Å². The standard InChI is InChI=1S/C17H23.Li/c1-6-13-7-15-9-14(11(2)3)10-16(12(4)5)17(15)8-13;/h7-12H,6H2,1-5H3;. The Morgan fingerprint density at radius 1 is 1.11 bits per heavy atom. The van der Waals surface area contributed by atoms with Gasteiger partial charge in [-0.05, 0) is 0 Å². The van der Waals surface area contributed by atoms with Crippen molar-refractivity contribution in [2.45, 2.75) is 57.5 Å². The molecule has 0 saturated heterocycles. The molecule has 0 amide bonds. The van der Waals surface area contributed by atoms with E-state index in [2.05, 4.69) is 70.5 Å². The van der Waals surface area contributed by atoms with Crippen LogP contribution >= 0.6 is 0 Å². The first-order valence-corrected chi connectivity index (χ1v) is 7.33. The third kappa shape index (κ3) is 2.34. The Morgan fingerprint density at radius 2 is 1.78 bits per heavy atom. The fraction of sp³-hybridized carbons (Fsp3) is 0.529. The van der Waals surface area contributed by atoms with E-state index in [1.807, 2.05) is 0 Å². The Morgan fingerprint density at radius 3 is 2.28 bits per heavy atom. The summed E-state index contributed by atoms with van der Waals surface area (Å²) in [6.07, 6.45) is 3.61. The van der Waals surface area contributed by atoms with Crippen LogP contribution in [0, 0.1) is 0 Å². The van der Waals surface area contributed by atoms with Crippen molar-refractivity contribution in [3.8, 4) is 0 Å². The van der Waals surface area contributed by atoms with E-state index >= 15 is 0 Å². The molecule has 0 nitrogen and oxygen atoms in total. The predicted octanol–water partition coefficient (Wildman–Crippen LogP) is 4.95. The number of benzene rings is 1. The van der Waals surface area contributed by atoms with Crippen LogP contribution < -0.4 is 0 Å². The number of fused-ring (bicyclic) bond motifs is 1. The molecule has 0 spiro atoms. The van der Waals surface area contributed by atoms with Crippen LogP contribution in [0.1, 0.15) is 79.7 Å². The Labute approximate surface area is 121 Å². The summed E-state index contributed by atoms with van der Waals surface area (Å²) in [5, 5.41) is 0. The van der Waals surface area contributed by atoms with Crippen molar-refractivity contribution in [1.29, 1.82) is 0 Å². The maximum atomic E-state index is 2.44. The molecule has 92 valence electrons. The Kier molecular flexibility index (Phi) is 4.10. The van der Waals surface area contributed by atoms with Crippen LogP contribution in [0.2, 0.25) is 0 Å². The van der Waals surface area contributed by atoms with Crippen molar-refractivity contribution in [2.75, 3.05) is 0 Å². The van der Waals surface area contributed by atoms with Crippen LogP contribution in [0.4, 0.5) is 0 Å². The molecule has 1 aromatic rings. The maximum absolute atomic E-state index is 2.44. The van der Waals surface area contributed by atoms with Crippen molar-refractivity contribution in [3.05, 3.63) is 40.0 Å². The average Bonchev–Trinajstić information content (AvgIpc) is 2.65. The molecule has 0 heterocycles. The summed E-state index contributed by atoms with van der Waals surface area (Å²) in [6.45, 7) is 11.5. The van der Waals surface area contributed by atoms with Gasteiger partial charge in [0.15, 0.2) is 0 Å². The molecular weight excluding hydrogens is 211 g/mol. The minimum atomic E-state index is 0.608. The van der Waals surface area contributed by atoms with E-state index in [9.17, 15) is 0 Å². The average molecular weight is 234 g/mol. The molecule has 0 aromatic heterocycles. The molecular formula is C17H23Li. The quantitative estimate of drug-likeness (QED) is 0.649. The van der Waals surface area contributed by atoms with Crippen LogP contribution in [0.15, 0.2) is 17.7 Å². The molecule has 18 heavy (non-hydrogen) atoms. The van der Waals surface area contributed by atoms with E-state index < -0.39 is 0 Å². The van der Waals surface area contributed by atoms with Crippen molar-refractivity contribution in [3.63, 3.8) is 0 Å². The van der Waals surface area contributed by atoms with Gasteiger partial charge in [-0.3, -0.25) is 0 Å². The van der Waals surface area contributed by atoms with Gasteiger partial charge in [-0.15, -0.1) is 0 Å². The van der Waals surface area contributed by atoms with Crippen LogP contribution in [0.25, 0.3) is 6.08 Å². The molecule has 2 rings (SSSR count). The van der Waals surface area contributed by atoms with E-state index in [4.69, 9.17) is 0 Å². The molecule has 0 bridgehead atoms. The fourth-order valence-electron chi connectivity index (χ4n) is 2.98. The van der Waals surface area contributed by atoms with E-state index in [1.165, 1.54) is 23.1 Å². The molecule has 1 heteroatoms. The van der Waals surface area contributed by atoms with E-state index in [0.717, 1.165) is 0 Å². The first-order chi connectivity index (χ1) is 8.45. The van der Waals surface area contributed by atoms with E-state index in [-0.39, 0.29) is 0 Å². The molecule has 0 N–H and O–H groups in total. The zero-order valence-corrected chi connectivity index (χ0v) is 12.7. The van der Waals surface area contributed by atoms with E-state index in [1.54, 1.807) is 11.1 Å². The van der Waals surface area contributed by atoms with Crippen molar-refractivity contribution in [1.82, 2.24) is 0 Å². The van der Waals surface area contributed by atoms with Gasteiger partial charge in [-0.25, -0.2) is 0 Å². The molecule has 1 aliphatic rings. The SMILES string of the molecule is [Li][CH]1C(CC)=Cc2c(C(C)C)cc(C(C)C)cc21. The van der Waals surface area contributed by atoms with Gasteiger partial charge in [-0.2, -0.15) is 0 Å². The van der Waals surface area contributed by atoms with Gasteiger partial charge in [0.2, 0.25) is 0 Å². The van der Waals surface area contributed by atoms with Crippen LogP contribution in [-0.2, 0) is 0 Å². The van der Waals surface area contributed by atoms with Crippen LogP contribution in [0.5, 0.6) is 0 Å². The molecule has 0 saturated carbocycles. The normalized spacial score (nSPS) is 18.5. The molecule has 0 aliphatic heterocycles. The van der Waals surface area contributed by atoms with Gasteiger partial charge in [-0.1, -0.05) is 0 Å². The monoisotopic (exact) mass is 234 g/mol. The van der Waals surface area contributed by atoms with Crippen LogP contribution in [0.3, 0.4) is 0 Å². The fourth-order valence-corrected chi connectivity index (χ4v) is 2.98. The minimum absolute atomic E-state index is 0.608. The van der Waals surface area contributed by atoms with Crippen molar-refractivity contribution < 1.29 is 0 Å². The second kappa shape index (κ2) is 5.28. The van der Waals surface area contributed by atoms with Crippen molar-refractivity contribution in [2.24, 2.45) is 0 Å². The molecule has 1 aromatic carbocycles. The summed E-state index contributed by atoms with van der Waals surface area (Å²) in [6, 6.07) is 4.87. The third-order valence-electron chi connectivity index (χ3n) is 4.32. The van der Waals surface area contributed by atoms with Gasteiger partial charge < -0.3 is 0 Å². The Hall–Kier alpha value is -0.443. The summed E-state index contributed by atoms with van der Waals surface area (Å²) >= 11 is 2.36. The number of allylic oxidation sites excluding steroid dienone is 1. The van der Waals surface area contributed by atoms with Gasteiger partial charge in [0, 0.05) is 0 Å². The zero-order chi connectivity index (χ0) is 13.4. The zero-order valence-electron chi connectivity index (χ0n) is 12.7. The summed E-state index contributed by atoms with van der Waals surface area (Å²) in [7, 11) is 0. The first kappa shape index (κ1) is 14.0. The number of rotatable bonds is 3. The molecule has 1 atom stereocenters. The molecule has 0 fully saturated rings. The molecule has 0 radical (unpaired) electrons. The summed E-state index contributed by atoms with van der Waals surface area (Å²) in [4.78, 5) is 0. The van der Waals surface area contributed by atoms with Crippen LogP contribution in [-0.4, -0.2) is 17.7 Å².